The van der Waals surface area contributed by atoms with Crippen molar-refractivity contribution in [3.05, 3.63) is 30.2 Å². The van der Waals surface area contributed by atoms with E-state index >= 15 is 0 Å². The van der Waals surface area contributed by atoms with Gasteiger partial charge in [-0.3, -0.25) is 0 Å². The van der Waals surface area contributed by atoms with Crippen molar-refractivity contribution in [1.29, 1.82) is 0 Å². The van der Waals surface area contributed by atoms with Gasteiger partial charge >= 0.3 is 0 Å². The summed E-state index contributed by atoms with van der Waals surface area (Å²) in [7, 11) is 0. The van der Waals surface area contributed by atoms with Crippen LogP contribution in [-0.2, 0) is 0 Å². The molecule has 0 atom stereocenters. The highest BCUT2D eigenvalue weighted by Crippen LogP contribution is 2.28. The maximum absolute atomic E-state index is 3.97. The SMILES string of the molecule is Brc1ccc(I)c(Nc2nnc(Br)s2)c1. The van der Waals surface area contributed by atoms with Gasteiger partial charge in [-0.25, -0.2) is 0 Å². The zero-order chi connectivity index (χ0) is 10.8. The van der Waals surface area contributed by atoms with Crippen LogP contribution in [0.1, 0.15) is 0 Å². The highest BCUT2D eigenvalue weighted by Gasteiger charge is 2.05. The van der Waals surface area contributed by atoms with Crippen molar-refractivity contribution in [2.75, 3.05) is 5.32 Å². The maximum Gasteiger partial charge on any atom is 0.210 e. The number of anilines is 2. The minimum atomic E-state index is 0.773. The summed E-state index contributed by atoms with van der Waals surface area (Å²) in [5.41, 5.74) is 1.02. The van der Waals surface area contributed by atoms with Gasteiger partial charge in [-0.15, -0.1) is 10.2 Å². The predicted octanol–water partition coefficient (Wildman–Crippen LogP) is 4.41. The normalized spacial score (nSPS) is 10.3. The van der Waals surface area contributed by atoms with Crippen LogP contribution in [0.3, 0.4) is 0 Å². The minimum absolute atomic E-state index is 0.773. The smallest absolute Gasteiger partial charge is 0.210 e. The molecule has 1 aromatic heterocycles. The van der Waals surface area contributed by atoms with Crippen molar-refractivity contribution in [2.24, 2.45) is 0 Å². The van der Waals surface area contributed by atoms with Crippen LogP contribution >= 0.6 is 65.8 Å². The fraction of sp³-hybridized carbons (Fsp3) is 0. The molecule has 78 valence electrons. The van der Waals surface area contributed by atoms with Gasteiger partial charge in [-0.05, 0) is 56.7 Å². The molecule has 0 aliphatic rings. The van der Waals surface area contributed by atoms with E-state index in [-0.39, 0.29) is 0 Å². The van der Waals surface area contributed by atoms with Gasteiger partial charge in [0.15, 0.2) is 3.92 Å². The number of nitrogens with one attached hydrogen (secondary N) is 1. The second-order valence-corrected chi connectivity index (χ2v) is 6.94. The first-order valence-corrected chi connectivity index (χ1v) is 7.34. The molecule has 0 saturated carbocycles. The number of nitrogens with zero attached hydrogens (tertiary/aromatic N) is 2. The van der Waals surface area contributed by atoms with Gasteiger partial charge in [-0.2, -0.15) is 0 Å². The molecule has 1 N–H and O–H groups in total. The zero-order valence-electron chi connectivity index (χ0n) is 7.17. The summed E-state index contributed by atoms with van der Waals surface area (Å²) in [6.45, 7) is 0. The molecule has 0 aliphatic carbocycles. The summed E-state index contributed by atoms with van der Waals surface area (Å²) >= 11 is 10.4. The highest BCUT2D eigenvalue weighted by atomic mass is 127. The Morgan fingerprint density at radius 3 is 2.73 bits per heavy atom. The summed E-state index contributed by atoms with van der Waals surface area (Å²) in [5, 5.41) is 11.8. The Morgan fingerprint density at radius 1 is 1.27 bits per heavy atom. The molecule has 0 aliphatic heterocycles. The standard InChI is InChI=1S/C8H4Br2IN3S/c9-4-1-2-5(11)6(3-4)12-8-14-13-7(10)15-8/h1-3H,(H,12,14). The fourth-order valence-electron chi connectivity index (χ4n) is 0.964. The van der Waals surface area contributed by atoms with Gasteiger partial charge in [0.2, 0.25) is 5.13 Å². The van der Waals surface area contributed by atoms with Gasteiger partial charge in [0.1, 0.15) is 0 Å². The Hall–Kier alpha value is 0.270. The van der Waals surface area contributed by atoms with E-state index in [0.717, 1.165) is 22.8 Å². The summed E-state index contributed by atoms with van der Waals surface area (Å²) < 4.78 is 2.95. The van der Waals surface area contributed by atoms with E-state index in [1.54, 1.807) is 0 Å². The number of hydrogen-bond acceptors (Lipinski definition) is 4. The fourth-order valence-corrected chi connectivity index (χ4v) is 2.82. The quantitative estimate of drug-likeness (QED) is 0.674. The number of halogens is 3. The lowest BCUT2D eigenvalue weighted by molar-refractivity contribution is 1.07. The molecular formula is C8H4Br2IN3S. The van der Waals surface area contributed by atoms with Crippen LogP contribution in [0, 0.1) is 3.57 Å². The molecule has 0 saturated heterocycles. The lowest BCUT2D eigenvalue weighted by Gasteiger charge is -2.04. The van der Waals surface area contributed by atoms with Gasteiger partial charge in [0.05, 0.1) is 5.69 Å². The average Bonchev–Trinajstić information content (AvgIpc) is 2.58. The molecule has 2 rings (SSSR count). The van der Waals surface area contributed by atoms with Crippen molar-refractivity contribution in [3.63, 3.8) is 0 Å². The van der Waals surface area contributed by atoms with Crippen LogP contribution in [-0.4, -0.2) is 10.2 Å². The van der Waals surface area contributed by atoms with Crippen LogP contribution in [0.15, 0.2) is 26.6 Å². The van der Waals surface area contributed by atoms with Crippen molar-refractivity contribution in [3.8, 4) is 0 Å². The lowest BCUT2D eigenvalue weighted by Crippen LogP contribution is -1.92. The van der Waals surface area contributed by atoms with E-state index in [4.69, 9.17) is 0 Å². The second kappa shape index (κ2) is 5.07. The van der Waals surface area contributed by atoms with Crippen LogP contribution in [0.4, 0.5) is 10.8 Å². The number of hydrogen-bond donors (Lipinski definition) is 1. The van der Waals surface area contributed by atoms with Crippen LogP contribution in [0.5, 0.6) is 0 Å². The van der Waals surface area contributed by atoms with E-state index in [2.05, 4.69) is 70.0 Å². The number of benzene rings is 1. The molecule has 0 bridgehead atoms. The van der Waals surface area contributed by atoms with E-state index < -0.39 is 0 Å². The van der Waals surface area contributed by atoms with E-state index in [0.29, 0.717) is 0 Å². The Labute approximate surface area is 121 Å². The van der Waals surface area contributed by atoms with E-state index in [9.17, 15) is 0 Å². The zero-order valence-corrected chi connectivity index (χ0v) is 13.3. The molecule has 1 heterocycles. The Morgan fingerprint density at radius 2 is 2.07 bits per heavy atom. The molecule has 0 unspecified atom stereocenters. The van der Waals surface area contributed by atoms with Gasteiger partial charge < -0.3 is 5.32 Å². The van der Waals surface area contributed by atoms with Gasteiger partial charge in [0.25, 0.3) is 0 Å². The molecule has 15 heavy (non-hydrogen) atoms. The molecule has 3 nitrogen and oxygen atoms in total. The lowest BCUT2D eigenvalue weighted by atomic mass is 10.3. The van der Waals surface area contributed by atoms with Crippen molar-refractivity contribution >= 4 is 76.6 Å². The van der Waals surface area contributed by atoms with Gasteiger partial charge in [-0.1, -0.05) is 27.3 Å². The largest absolute Gasteiger partial charge is 0.329 e. The van der Waals surface area contributed by atoms with Crippen LogP contribution in [0.2, 0.25) is 0 Å². The number of rotatable bonds is 2. The number of aromatic nitrogens is 2. The van der Waals surface area contributed by atoms with Crippen LogP contribution in [0.25, 0.3) is 0 Å². The molecule has 0 fully saturated rings. The predicted molar refractivity (Wildman–Crippen MR) is 77.8 cm³/mol. The van der Waals surface area contributed by atoms with Crippen molar-refractivity contribution in [1.82, 2.24) is 10.2 Å². The van der Waals surface area contributed by atoms with Crippen LogP contribution < -0.4 is 5.32 Å². The second-order valence-electron chi connectivity index (χ2n) is 2.61. The minimum Gasteiger partial charge on any atom is -0.329 e. The van der Waals surface area contributed by atoms with Gasteiger partial charge in [0, 0.05) is 8.04 Å². The highest BCUT2D eigenvalue weighted by molar-refractivity contribution is 14.1. The van der Waals surface area contributed by atoms with E-state index in [1.165, 1.54) is 11.3 Å². The first-order chi connectivity index (χ1) is 7.15. The third-order valence-electron chi connectivity index (χ3n) is 1.57. The summed E-state index contributed by atoms with van der Waals surface area (Å²) in [4.78, 5) is 0. The molecule has 0 radical (unpaired) electrons. The summed E-state index contributed by atoms with van der Waals surface area (Å²) in [5.74, 6) is 0. The average molecular weight is 461 g/mol. The molecule has 0 amide bonds. The molecule has 0 spiro atoms. The van der Waals surface area contributed by atoms with Crippen molar-refractivity contribution in [2.45, 2.75) is 0 Å². The van der Waals surface area contributed by atoms with E-state index in [1.807, 2.05) is 18.2 Å². The topological polar surface area (TPSA) is 37.8 Å². The third-order valence-corrected chi connectivity index (χ3v) is 4.28. The summed E-state index contributed by atoms with van der Waals surface area (Å²) in [6.07, 6.45) is 0. The Bertz CT molecular complexity index is 488. The summed E-state index contributed by atoms with van der Waals surface area (Å²) in [6, 6.07) is 6.04. The Kier molecular flexibility index (Phi) is 3.97. The first kappa shape index (κ1) is 11.7. The first-order valence-electron chi connectivity index (χ1n) is 3.86. The Balaban J connectivity index is 2.27. The monoisotopic (exact) mass is 459 g/mol. The maximum atomic E-state index is 3.97. The van der Waals surface area contributed by atoms with Crippen molar-refractivity contribution < 1.29 is 0 Å². The molecule has 1 aromatic carbocycles. The molecular weight excluding hydrogens is 457 g/mol. The third kappa shape index (κ3) is 3.11. The molecule has 7 heteroatoms. The molecule has 2 aromatic rings.